The van der Waals surface area contributed by atoms with Gasteiger partial charge in [0.15, 0.2) is 11.5 Å². The van der Waals surface area contributed by atoms with E-state index >= 15 is 0 Å². The fourth-order valence-electron chi connectivity index (χ4n) is 5.06. The minimum absolute atomic E-state index is 0.0137. The van der Waals surface area contributed by atoms with Gasteiger partial charge in [0.1, 0.15) is 0 Å². The smallest absolute Gasteiger partial charge is 0.255 e. The number of amides is 2. The molecule has 3 aromatic rings. The summed E-state index contributed by atoms with van der Waals surface area (Å²) in [5.74, 6) is 2.06. The van der Waals surface area contributed by atoms with Gasteiger partial charge in [0, 0.05) is 24.6 Å². The number of rotatable bonds is 8. The molecule has 0 atom stereocenters. The number of likely N-dealkylation sites (tertiary alicyclic amines) is 2. The van der Waals surface area contributed by atoms with Gasteiger partial charge in [-0.3, -0.25) is 14.5 Å². The zero-order valence-electron chi connectivity index (χ0n) is 21.8. The van der Waals surface area contributed by atoms with Crippen molar-refractivity contribution in [3.8, 4) is 22.9 Å². The minimum Gasteiger partial charge on any atom is -0.493 e. The number of carbonyl (C=O) groups excluding carboxylic acids is 2. The van der Waals surface area contributed by atoms with Crippen molar-refractivity contribution in [2.24, 2.45) is 5.92 Å². The van der Waals surface area contributed by atoms with Gasteiger partial charge in [0.05, 0.1) is 32.0 Å². The Morgan fingerprint density at radius 3 is 2.47 bits per heavy atom. The summed E-state index contributed by atoms with van der Waals surface area (Å²) in [5, 5.41) is 7.14. The number of para-hydroxylation sites is 1. The largest absolute Gasteiger partial charge is 0.493 e. The molecule has 0 aliphatic carbocycles. The molecular weight excluding hydrogens is 486 g/mol. The van der Waals surface area contributed by atoms with E-state index in [0.717, 1.165) is 44.6 Å². The molecule has 0 radical (unpaired) electrons. The quantitative estimate of drug-likeness (QED) is 0.478. The number of benzene rings is 2. The van der Waals surface area contributed by atoms with E-state index < -0.39 is 0 Å². The third kappa shape index (κ3) is 5.65. The number of nitrogens with one attached hydrogen (secondary N) is 1. The average molecular weight is 520 g/mol. The predicted octanol–water partition coefficient (Wildman–Crippen LogP) is 3.84. The van der Waals surface area contributed by atoms with Gasteiger partial charge in [-0.25, -0.2) is 0 Å². The summed E-state index contributed by atoms with van der Waals surface area (Å²) in [6.07, 6.45) is 3.48. The molecule has 10 heteroatoms. The molecule has 38 heavy (non-hydrogen) atoms. The van der Waals surface area contributed by atoms with Gasteiger partial charge >= 0.3 is 0 Å². The first-order valence-electron chi connectivity index (χ1n) is 13.0. The number of hydrogen-bond acceptors (Lipinski definition) is 8. The van der Waals surface area contributed by atoms with Crippen LogP contribution in [-0.2, 0) is 11.3 Å². The van der Waals surface area contributed by atoms with Gasteiger partial charge in [-0.15, -0.1) is 0 Å². The number of ether oxygens (including phenoxy) is 2. The first kappa shape index (κ1) is 25.7. The number of hydrogen-bond donors (Lipinski definition) is 1. The number of aromatic nitrogens is 2. The van der Waals surface area contributed by atoms with Gasteiger partial charge in [-0.05, 0) is 69.1 Å². The van der Waals surface area contributed by atoms with Crippen molar-refractivity contribution in [3.05, 3.63) is 53.9 Å². The Morgan fingerprint density at radius 1 is 1.00 bits per heavy atom. The summed E-state index contributed by atoms with van der Waals surface area (Å²) >= 11 is 0. The minimum atomic E-state index is -0.119. The SMILES string of the molecule is COc1ccc(-c2noc(CN3CCC(C(=O)Nc4ccccc4C(=O)N4CCCC4)CC3)n2)cc1OC. The molecule has 2 aromatic carbocycles. The second-order valence-electron chi connectivity index (χ2n) is 9.67. The second-order valence-corrected chi connectivity index (χ2v) is 9.67. The number of nitrogens with zero attached hydrogens (tertiary/aromatic N) is 4. The molecule has 200 valence electrons. The van der Waals surface area contributed by atoms with Crippen LogP contribution in [0.5, 0.6) is 11.5 Å². The standard InChI is InChI=1S/C28H33N5O5/c1-36-23-10-9-20(17-24(23)37-2)26-30-25(38-31-26)18-32-15-11-19(12-16-32)27(34)29-22-8-4-3-7-21(22)28(35)33-13-5-6-14-33/h3-4,7-10,17,19H,5-6,11-16,18H2,1-2H3,(H,29,34). The fraction of sp³-hybridized carbons (Fsp3) is 0.429. The lowest BCUT2D eigenvalue weighted by molar-refractivity contribution is -0.121. The molecule has 2 amide bonds. The lowest BCUT2D eigenvalue weighted by Gasteiger charge is -2.30. The lowest BCUT2D eigenvalue weighted by atomic mass is 9.95. The Bertz CT molecular complexity index is 1280. The molecule has 0 saturated carbocycles. The van der Waals surface area contributed by atoms with Crippen LogP contribution >= 0.6 is 0 Å². The van der Waals surface area contributed by atoms with Crippen LogP contribution in [0.15, 0.2) is 47.0 Å². The van der Waals surface area contributed by atoms with E-state index in [0.29, 0.717) is 53.9 Å². The first-order valence-corrected chi connectivity index (χ1v) is 13.0. The molecule has 10 nitrogen and oxygen atoms in total. The van der Waals surface area contributed by atoms with Crippen molar-refractivity contribution in [2.75, 3.05) is 45.7 Å². The van der Waals surface area contributed by atoms with Crippen molar-refractivity contribution >= 4 is 17.5 Å². The molecule has 0 unspecified atom stereocenters. The van der Waals surface area contributed by atoms with E-state index in [4.69, 9.17) is 14.0 Å². The summed E-state index contributed by atoms with van der Waals surface area (Å²) in [5.41, 5.74) is 1.92. The summed E-state index contributed by atoms with van der Waals surface area (Å²) in [6.45, 7) is 3.54. The zero-order chi connectivity index (χ0) is 26.5. The van der Waals surface area contributed by atoms with E-state index in [1.807, 2.05) is 35.2 Å². The lowest BCUT2D eigenvalue weighted by Crippen LogP contribution is -2.38. The molecule has 2 fully saturated rings. The van der Waals surface area contributed by atoms with Gasteiger partial charge < -0.3 is 24.2 Å². The molecule has 2 saturated heterocycles. The Kier molecular flexibility index (Phi) is 7.88. The second kappa shape index (κ2) is 11.6. The summed E-state index contributed by atoms with van der Waals surface area (Å²) < 4.78 is 16.1. The Balaban J connectivity index is 1.15. The molecule has 5 rings (SSSR count). The highest BCUT2D eigenvalue weighted by Crippen LogP contribution is 2.31. The fourth-order valence-corrected chi connectivity index (χ4v) is 5.06. The molecular formula is C28H33N5O5. The summed E-state index contributed by atoms with van der Waals surface area (Å²) in [7, 11) is 3.17. The van der Waals surface area contributed by atoms with Gasteiger partial charge in [0.2, 0.25) is 17.6 Å². The summed E-state index contributed by atoms with van der Waals surface area (Å²) in [6, 6.07) is 12.8. The van der Waals surface area contributed by atoms with Crippen molar-refractivity contribution in [2.45, 2.75) is 32.2 Å². The predicted molar refractivity (Wildman–Crippen MR) is 141 cm³/mol. The Hall–Kier alpha value is -3.92. The molecule has 2 aliphatic rings. The third-order valence-electron chi connectivity index (χ3n) is 7.24. The van der Waals surface area contributed by atoms with Crippen molar-refractivity contribution < 1.29 is 23.6 Å². The van der Waals surface area contributed by atoms with Crippen molar-refractivity contribution in [3.63, 3.8) is 0 Å². The van der Waals surface area contributed by atoms with Crippen LogP contribution in [0, 0.1) is 5.92 Å². The molecule has 1 N–H and O–H groups in total. The number of piperidine rings is 1. The monoisotopic (exact) mass is 519 g/mol. The average Bonchev–Trinajstić information content (AvgIpc) is 3.66. The maximum Gasteiger partial charge on any atom is 0.255 e. The van der Waals surface area contributed by atoms with Crippen LogP contribution in [0.1, 0.15) is 41.9 Å². The third-order valence-corrected chi connectivity index (χ3v) is 7.24. The topological polar surface area (TPSA) is 110 Å². The van der Waals surface area contributed by atoms with Gasteiger partial charge in [-0.1, -0.05) is 17.3 Å². The molecule has 3 heterocycles. The maximum atomic E-state index is 13.1. The van der Waals surface area contributed by atoms with Crippen molar-refractivity contribution in [1.82, 2.24) is 19.9 Å². The molecule has 2 aliphatic heterocycles. The summed E-state index contributed by atoms with van der Waals surface area (Å²) in [4.78, 5) is 34.6. The van der Waals surface area contributed by atoms with E-state index in [1.54, 1.807) is 26.4 Å². The van der Waals surface area contributed by atoms with Gasteiger partial charge in [-0.2, -0.15) is 4.98 Å². The molecule has 0 bridgehead atoms. The maximum absolute atomic E-state index is 13.1. The van der Waals surface area contributed by atoms with Crippen LogP contribution in [0.2, 0.25) is 0 Å². The van der Waals surface area contributed by atoms with Gasteiger partial charge in [0.25, 0.3) is 5.91 Å². The molecule has 0 spiro atoms. The van der Waals surface area contributed by atoms with E-state index in [2.05, 4.69) is 20.4 Å². The van der Waals surface area contributed by atoms with E-state index in [1.165, 1.54) is 0 Å². The van der Waals surface area contributed by atoms with Crippen LogP contribution in [0.25, 0.3) is 11.4 Å². The van der Waals surface area contributed by atoms with Crippen LogP contribution in [0.3, 0.4) is 0 Å². The van der Waals surface area contributed by atoms with E-state index in [-0.39, 0.29) is 17.7 Å². The Labute approximate surface area is 221 Å². The number of carbonyl (C=O) groups is 2. The number of methoxy groups -OCH3 is 2. The normalized spacial score (nSPS) is 16.4. The highest BCUT2D eigenvalue weighted by Gasteiger charge is 2.28. The molecule has 1 aromatic heterocycles. The highest BCUT2D eigenvalue weighted by atomic mass is 16.5. The highest BCUT2D eigenvalue weighted by molar-refractivity contribution is 6.04. The van der Waals surface area contributed by atoms with E-state index in [9.17, 15) is 9.59 Å². The zero-order valence-corrected chi connectivity index (χ0v) is 21.8. The Morgan fingerprint density at radius 2 is 1.74 bits per heavy atom. The van der Waals surface area contributed by atoms with Crippen molar-refractivity contribution in [1.29, 1.82) is 0 Å². The first-order chi connectivity index (χ1) is 18.6. The van der Waals surface area contributed by atoms with Crippen LogP contribution in [0.4, 0.5) is 5.69 Å². The number of anilines is 1. The van der Waals surface area contributed by atoms with Crippen LogP contribution in [-0.4, -0.2) is 72.2 Å². The van der Waals surface area contributed by atoms with Crippen LogP contribution < -0.4 is 14.8 Å².